The molecule has 0 unspecified atom stereocenters. The van der Waals surface area contributed by atoms with Gasteiger partial charge in [-0.2, -0.15) is 5.10 Å². The fourth-order valence-corrected chi connectivity index (χ4v) is 2.52. The molecule has 0 atom stereocenters. The molecule has 0 radical (unpaired) electrons. The minimum atomic E-state index is -0.859. The third-order valence-electron chi connectivity index (χ3n) is 2.91. The van der Waals surface area contributed by atoms with Crippen molar-refractivity contribution < 1.29 is 9.59 Å². The molecule has 0 fully saturated rings. The topological polar surface area (TPSA) is 70.6 Å². The average Bonchev–Trinajstić information content (AvgIpc) is 2.55. The van der Waals surface area contributed by atoms with Gasteiger partial charge < -0.3 is 5.32 Å². The van der Waals surface area contributed by atoms with Gasteiger partial charge in [0.05, 0.1) is 6.21 Å². The lowest BCUT2D eigenvalue weighted by Crippen LogP contribution is -2.37. The van der Waals surface area contributed by atoms with E-state index in [9.17, 15) is 9.59 Å². The number of benzene rings is 2. The Labute approximate surface area is 162 Å². The molecule has 2 rings (SSSR count). The van der Waals surface area contributed by atoms with Crippen LogP contribution in [0.5, 0.6) is 0 Å². The van der Waals surface area contributed by atoms with Gasteiger partial charge in [0.2, 0.25) is 0 Å². The minimum Gasteiger partial charge on any atom is -0.344 e. The van der Waals surface area contributed by atoms with Crippen LogP contribution in [-0.4, -0.2) is 18.0 Å². The predicted molar refractivity (Wildman–Crippen MR) is 103 cm³/mol. The van der Waals surface area contributed by atoms with Crippen LogP contribution in [0.1, 0.15) is 11.1 Å². The number of carbonyl (C=O) groups excluding carboxylic acids is 2. The molecule has 0 aliphatic carbocycles. The standard InChI is InChI=1S/C16H12Cl2IN3O2/c17-12-4-3-11(14(18)7-12)9-20-15(23)16(24)22-21-8-10-1-5-13(19)6-2-10/h1-8H,9H2,(H,20,23)(H,22,24)/b21-8-. The molecule has 24 heavy (non-hydrogen) atoms. The summed E-state index contributed by atoms with van der Waals surface area (Å²) in [5.74, 6) is -1.66. The summed E-state index contributed by atoms with van der Waals surface area (Å²) in [5, 5.41) is 7.12. The van der Waals surface area contributed by atoms with Gasteiger partial charge >= 0.3 is 11.8 Å². The summed E-state index contributed by atoms with van der Waals surface area (Å²) in [7, 11) is 0. The second-order valence-corrected chi connectivity index (χ2v) is 6.76. The molecule has 0 aliphatic rings. The van der Waals surface area contributed by atoms with Crippen LogP contribution < -0.4 is 10.7 Å². The summed E-state index contributed by atoms with van der Waals surface area (Å²) < 4.78 is 1.09. The third kappa shape index (κ3) is 5.77. The van der Waals surface area contributed by atoms with Gasteiger partial charge in [-0.05, 0) is 58.0 Å². The minimum absolute atomic E-state index is 0.114. The quantitative estimate of drug-likeness (QED) is 0.308. The number of nitrogens with zero attached hydrogens (tertiary/aromatic N) is 1. The van der Waals surface area contributed by atoms with Gasteiger partial charge in [-0.15, -0.1) is 0 Å². The van der Waals surface area contributed by atoms with Gasteiger partial charge in [-0.3, -0.25) is 9.59 Å². The highest BCUT2D eigenvalue weighted by Crippen LogP contribution is 2.20. The monoisotopic (exact) mass is 475 g/mol. The first-order valence-electron chi connectivity index (χ1n) is 6.76. The zero-order chi connectivity index (χ0) is 17.5. The zero-order valence-electron chi connectivity index (χ0n) is 12.2. The summed E-state index contributed by atoms with van der Waals surface area (Å²) in [6.07, 6.45) is 1.46. The number of halogens is 3. The van der Waals surface area contributed by atoms with Crippen molar-refractivity contribution in [2.24, 2.45) is 5.10 Å². The Morgan fingerprint density at radius 1 is 1.08 bits per heavy atom. The number of amides is 2. The molecule has 0 bridgehead atoms. The molecule has 2 amide bonds. The number of hydrazone groups is 1. The van der Waals surface area contributed by atoms with E-state index in [-0.39, 0.29) is 6.54 Å². The van der Waals surface area contributed by atoms with E-state index >= 15 is 0 Å². The average molecular weight is 476 g/mol. The van der Waals surface area contributed by atoms with Crippen molar-refractivity contribution in [1.82, 2.24) is 10.7 Å². The van der Waals surface area contributed by atoms with E-state index in [1.807, 2.05) is 24.3 Å². The number of hydrogen-bond donors (Lipinski definition) is 2. The second-order valence-electron chi connectivity index (χ2n) is 4.67. The number of rotatable bonds is 4. The fourth-order valence-electron chi connectivity index (χ4n) is 1.69. The molecule has 0 spiro atoms. The molecule has 0 heterocycles. The molecule has 0 aliphatic heterocycles. The molecular weight excluding hydrogens is 464 g/mol. The van der Waals surface area contributed by atoms with Crippen LogP contribution in [-0.2, 0) is 16.1 Å². The van der Waals surface area contributed by atoms with Gasteiger partial charge in [-0.25, -0.2) is 5.43 Å². The first kappa shape index (κ1) is 18.7. The Morgan fingerprint density at radius 2 is 1.79 bits per heavy atom. The largest absolute Gasteiger partial charge is 0.344 e. The molecule has 8 heteroatoms. The lowest BCUT2D eigenvalue weighted by molar-refractivity contribution is -0.139. The van der Waals surface area contributed by atoms with Gasteiger partial charge in [-0.1, -0.05) is 41.4 Å². The van der Waals surface area contributed by atoms with Crippen molar-refractivity contribution in [3.8, 4) is 0 Å². The molecule has 2 aromatic carbocycles. The highest BCUT2D eigenvalue weighted by atomic mass is 127. The van der Waals surface area contributed by atoms with E-state index in [0.29, 0.717) is 15.6 Å². The number of nitrogens with one attached hydrogen (secondary N) is 2. The smallest absolute Gasteiger partial charge is 0.329 e. The van der Waals surface area contributed by atoms with Crippen LogP contribution in [0.4, 0.5) is 0 Å². The first-order valence-corrected chi connectivity index (χ1v) is 8.60. The van der Waals surface area contributed by atoms with Gasteiger partial charge in [0.25, 0.3) is 0 Å². The maximum Gasteiger partial charge on any atom is 0.329 e. The van der Waals surface area contributed by atoms with E-state index in [4.69, 9.17) is 23.2 Å². The number of hydrogen-bond acceptors (Lipinski definition) is 3. The molecule has 0 saturated heterocycles. The van der Waals surface area contributed by atoms with Crippen molar-refractivity contribution in [3.05, 3.63) is 67.2 Å². The number of carbonyl (C=O) groups is 2. The highest BCUT2D eigenvalue weighted by molar-refractivity contribution is 14.1. The molecule has 124 valence electrons. The molecule has 0 aromatic heterocycles. The summed E-state index contributed by atoms with van der Waals surface area (Å²) in [6, 6.07) is 12.4. The Morgan fingerprint density at radius 3 is 2.46 bits per heavy atom. The predicted octanol–water partition coefficient (Wildman–Crippen LogP) is 3.36. The first-order chi connectivity index (χ1) is 11.5. The van der Waals surface area contributed by atoms with Crippen LogP contribution in [0.15, 0.2) is 47.6 Å². The summed E-state index contributed by atoms with van der Waals surface area (Å²) in [6.45, 7) is 0.114. The van der Waals surface area contributed by atoms with Crippen molar-refractivity contribution in [2.75, 3.05) is 0 Å². The van der Waals surface area contributed by atoms with Gasteiger partial charge in [0, 0.05) is 20.2 Å². The van der Waals surface area contributed by atoms with Crippen molar-refractivity contribution in [1.29, 1.82) is 0 Å². The van der Waals surface area contributed by atoms with Crippen LogP contribution in [0.2, 0.25) is 10.0 Å². The zero-order valence-corrected chi connectivity index (χ0v) is 15.9. The molecule has 2 N–H and O–H groups in total. The van der Waals surface area contributed by atoms with Gasteiger partial charge in [0.1, 0.15) is 0 Å². The van der Waals surface area contributed by atoms with E-state index in [1.54, 1.807) is 18.2 Å². The van der Waals surface area contributed by atoms with E-state index in [1.165, 1.54) is 6.21 Å². The van der Waals surface area contributed by atoms with Gasteiger partial charge in [0.15, 0.2) is 0 Å². The maximum absolute atomic E-state index is 11.7. The Balaban J connectivity index is 1.83. The van der Waals surface area contributed by atoms with Crippen molar-refractivity contribution in [2.45, 2.75) is 6.54 Å². The molecule has 5 nitrogen and oxygen atoms in total. The summed E-state index contributed by atoms with van der Waals surface area (Å²) >= 11 is 14.0. The fraction of sp³-hybridized carbons (Fsp3) is 0.0625. The Bertz CT molecular complexity index is 779. The lowest BCUT2D eigenvalue weighted by atomic mass is 10.2. The highest BCUT2D eigenvalue weighted by Gasteiger charge is 2.12. The second kappa shape index (κ2) is 9.00. The Kier molecular flexibility index (Phi) is 7.01. The summed E-state index contributed by atoms with van der Waals surface area (Å²) in [4.78, 5) is 23.4. The van der Waals surface area contributed by atoms with Crippen LogP contribution in [0.3, 0.4) is 0 Å². The van der Waals surface area contributed by atoms with E-state index in [0.717, 1.165) is 9.13 Å². The summed E-state index contributed by atoms with van der Waals surface area (Å²) in [5.41, 5.74) is 3.63. The molecule has 2 aromatic rings. The third-order valence-corrected chi connectivity index (χ3v) is 4.22. The molecule has 0 saturated carbocycles. The van der Waals surface area contributed by atoms with Crippen molar-refractivity contribution in [3.63, 3.8) is 0 Å². The maximum atomic E-state index is 11.7. The van der Waals surface area contributed by atoms with E-state index in [2.05, 4.69) is 38.4 Å². The Hall–Kier alpha value is -1.64. The molecular formula is C16H12Cl2IN3O2. The van der Waals surface area contributed by atoms with Crippen LogP contribution >= 0.6 is 45.8 Å². The van der Waals surface area contributed by atoms with Crippen LogP contribution in [0, 0.1) is 3.57 Å². The van der Waals surface area contributed by atoms with Crippen LogP contribution in [0.25, 0.3) is 0 Å². The van der Waals surface area contributed by atoms with Crippen molar-refractivity contribution >= 4 is 63.8 Å². The SMILES string of the molecule is O=C(NCc1ccc(Cl)cc1Cl)C(=O)N/N=C\c1ccc(I)cc1. The van der Waals surface area contributed by atoms with E-state index < -0.39 is 11.8 Å². The lowest BCUT2D eigenvalue weighted by Gasteiger charge is -2.06. The normalized spacial score (nSPS) is 10.6.